The fourth-order valence-corrected chi connectivity index (χ4v) is 3.64. The molecule has 0 bridgehead atoms. The van der Waals surface area contributed by atoms with Crippen LogP contribution in [0.5, 0.6) is 0 Å². The maximum atomic E-state index is 7.38. The number of anilines is 1. The summed E-state index contributed by atoms with van der Waals surface area (Å²) in [6.45, 7) is 15.4. The molecule has 0 amide bonds. The molecule has 3 rings (SSSR count). The van der Waals surface area contributed by atoms with Crippen molar-refractivity contribution in [3.8, 4) is 11.4 Å². The first-order valence-corrected chi connectivity index (χ1v) is 8.50. The molecule has 0 unspecified atom stereocenters. The normalized spacial score (nSPS) is 10.7. The van der Waals surface area contributed by atoms with Gasteiger partial charge in [-0.1, -0.05) is 30.3 Å². The fraction of sp³-hybridized carbons (Fsp3) is 0.278. The van der Waals surface area contributed by atoms with Gasteiger partial charge in [0.15, 0.2) is 5.82 Å². The van der Waals surface area contributed by atoms with Gasteiger partial charge >= 0.3 is 0 Å². The monoisotopic (exact) mass is 322 g/mol. The molecule has 0 aliphatic heterocycles. The van der Waals surface area contributed by atoms with Crippen molar-refractivity contribution in [2.24, 2.45) is 0 Å². The van der Waals surface area contributed by atoms with Crippen molar-refractivity contribution < 1.29 is 0 Å². The Morgan fingerprint density at radius 2 is 1.83 bits per heavy atom. The minimum atomic E-state index is 0.702. The molecule has 0 saturated heterocycles. The summed E-state index contributed by atoms with van der Waals surface area (Å²) in [6, 6.07) is 10.0. The van der Waals surface area contributed by atoms with Crippen LogP contribution in [0.15, 0.2) is 30.3 Å². The molecule has 0 saturated carbocycles. The summed E-state index contributed by atoms with van der Waals surface area (Å²) < 4.78 is 0. The van der Waals surface area contributed by atoms with Gasteiger partial charge in [0.1, 0.15) is 10.6 Å². The van der Waals surface area contributed by atoms with Crippen LogP contribution in [0.4, 0.5) is 10.8 Å². The maximum Gasteiger partial charge on any atom is 0.246 e. The molecular weight excluding hydrogens is 304 g/mol. The molecule has 0 fully saturated rings. The molecule has 2 aromatic heterocycles. The van der Waals surface area contributed by atoms with Crippen LogP contribution in [-0.4, -0.2) is 23.1 Å². The largest absolute Gasteiger partial charge is 0.357 e. The summed E-state index contributed by atoms with van der Waals surface area (Å²) in [6.07, 6.45) is 0. The smallest absolute Gasteiger partial charge is 0.246 e. The van der Waals surface area contributed by atoms with E-state index in [9.17, 15) is 0 Å². The Labute approximate surface area is 140 Å². The summed E-state index contributed by atoms with van der Waals surface area (Å²) in [5, 5.41) is 1.72. The van der Waals surface area contributed by atoms with E-state index in [1.54, 1.807) is 0 Å². The molecule has 4 nitrogen and oxygen atoms in total. The van der Waals surface area contributed by atoms with Gasteiger partial charge in [-0.25, -0.2) is 14.8 Å². The summed E-state index contributed by atoms with van der Waals surface area (Å²) >= 11 is 1.45. The average molecular weight is 322 g/mol. The Balaban J connectivity index is 2.32. The number of fused-ring (bicyclic) bond motifs is 1. The van der Waals surface area contributed by atoms with Gasteiger partial charge in [0, 0.05) is 24.0 Å². The first-order valence-electron chi connectivity index (χ1n) is 7.68. The first-order chi connectivity index (χ1) is 11.2. The Morgan fingerprint density at radius 3 is 2.43 bits per heavy atom. The average Bonchev–Trinajstić information content (AvgIpc) is 2.93. The van der Waals surface area contributed by atoms with Crippen molar-refractivity contribution >= 4 is 32.4 Å². The van der Waals surface area contributed by atoms with Gasteiger partial charge in [0.2, 0.25) is 5.00 Å². The lowest BCUT2D eigenvalue weighted by molar-refractivity contribution is 0.850. The number of benzene rings is 1. The molecule has 0 spiro atoms. The van der Waals surface area contributed by atoms with E-state index in [0.29, 0.717) is 5.00 Å². The lowest BCUT2D eigenvalue weighted by atomic mass is 10.2. The molecule has 0 atom stereocenters. The second kappa shape index (κ2) is 6.35. The third-order valence-electron chi connectivity index (χ3n) is 3.94. The number of nitrogens with zero attached hydrogens (tertiary/aromatic N) is 4. The highest BCUT2D eigenvalue weighted by Crippen LogP contribution is 2.41. The van der Waals surface area contributed by atoms with Gasteiger partial charge in [-0.2, -0.15) is 0 Å². The van der Waals surface area contributed by atoms with E-state index >= 15 is 0 Å². The second-order valence-corrected chi connectivity index (χ2v) is 6.21. The van der Waals surface area contributed by atoms with Crippen molar-refractivity contribution in [2.45, 2.75) is 20.8 Å². The van der Waals surface area contributed by atoms with E-state index in [4.69, 9.17) is 16.5 Å². The molecule has 0 aliphatic carbocycles. The maximum absolute atomic E-state index is 7.38. The van der Waals surface area contributed by atoms with Crippen LogP contribution in [0, 0.1) is 13.5 Å². The molecule has 0 aliphatic rings. The molecule has 1 aromatic carbocycles. The Morgan fingerprint density at radius 1 is 1.13 bits per heavy atom. The van der Waals surface area contributed by atoms with E-state index in [0.717, 1.165) is 46.1 Å². The molecule has 0 N–H and O–H groups in total. The van der Waals surface area contributed by atoms with Crippen LogP contribution < -0.4 is 4.90 Å². The van der Waals surface area contributed by atoms with Gasteiger partial charge < -0.3 is 4.90 Å². The van der Waals surface area contributed by atoms with Crippen molar-refractivity contribution in [1.82, 2.24) is 9.97 Å². The number of hydrogen-bond acceptors (Lipinski definition) is 4. The number of aromatic nitrogens is 2. The molecule has 3 aromatic rings. The molecule has 0 radical (unpaired) electrons. The minimum Gasteiger partial charge on any atom is -0.357 e. The highest BCUT2D eigenvalue weighted by Gasteiger charge is 2.19. The predicted molar refractivity (Wildman–Crippen MR) is 97.4 cm³/mol. The highest BCUT2D eigenvalue weighted by atomic mass is 32.1. The molecule has 5 heteroatoms. The summed E-state index contributed by atoms with van der Waals surface area (Å²) in [5.74, 6) is 1.65. The van der Waals surface area contributed by atoms with E-state index in [-0.39, 0.29) is 0 Å². The van der Waals surface area contributed by atoms with Crippen molar-refractivity contribution in [2.75, 3.05) is 18.0 Å². The topological polar surface area (TPSA) is 33.4 Å². The number of hydrogen-bond donors (Lipinski definition) is 0. The van der Waals surface area contributed by atoms with E-state index in [1.807, 2.05) is 37.3 Å². The Bertz CT molecular complexity index is 873. The zero-order valence-electron chi connectivity index (χ0n) is 13.5. The van der Waals surface area contributed by atoms with E-state index in [2.05, 4.69) is 23.6 Å². The quantitative estimate of drug-likeness (QED) is 0.629. The van der Waals surface area contributed by atoms with Gasteiger partial charge in [0.05, 0.1) is 6.57 Å². The minimum absolute atomic E-state index is 0.702. The SMILES string of the molecule is [C-]#[N+]c1sc2nc(-c3ccccc3)nc(N(CC)CC)c2c1C. The van der Waals surface area contributed by atoms with Crippen LogP contribution in [0.2, 0.25) is 0 Å². The molecule has 23 heavy (non-hydrogen) atoms. The summed E-state index contributed by atoms with van der Waals surface area (Å²) in [4.78, 5) is 16.3. The van der Waals surface area contributed by atoms with Crippen LogP contribution >= 0.6 is 11.3 Å². The van der Waals surface area contributed by atoms with Crippen molar-refractivity contribution in [3.05, 3.63) is 47.3 Å². The fourth-order valence-electron chi connectivity index (χ4n) is 2.68. The van der Waals surface area contributed by atoms with Crippen LogP contribution in [-0.2, 0) is 0 Å². The lowest BCUT2D eigenvalue weighted by Gasteiger charge is -2.21. The van der Waals surface area contributed by atoms with Crippen LogP contribution in [0.25, 0.3) is 26.4 Å². The highest BCUT2D eigenvalue weighted by molar-refractivity contribution is 7.22. The lowest BCUT2D eigenvalue weighted by Crippen LogP contribution is -2.23. The van der Waals surface area contributed by atoms with Crippen molar-refractivity contribution in [3.63, 3.8) is 0 Å². The first kappa shape index (κ1) is 15.4. The van der Waals surface area contributed by atoms with Crippen LogP contribution in [0.1, 0.15) is 19.4 Å². The van der Waals surface area contributed by atoms with E-state index in [1.165, 1.54) is 11.3 Å². The van der Waals surface area contributed by atoms with Gasteiger partial charge in [0.25, 0.3) is 0 Å². The van der Waals surface area contributed by atoms with Gasteiger partial charge in [-0.15, -0.1) is 11.3 Å². The Hall–Kier alpha value is -2.45. The Kier molecular flexibility index (Phi) is 4.26. The number of thiophene rings is 1. The summed E-state index contributed by atoms with van der Waals surface area (Å²) in [7, 11) is 0. The third kappa shape index (κ3) is 2.66. The predicted octanol–water partition coefficient (Wildman–Crippen LogP) is 5.06. The molecule has 2 heterocycles. The van der Waals surface area contributed by atoms with E-state index < -0.39 is 0 Å². The zero-order valence-corrected chi connectivity index (χ0v) is 14.3. The van der Waals surface area contributed by atoms with Gasteiger partial charge in [-0.3, -0.25) is 0 Å². The number of aryl methyl sites for hydroxylation is 1. The molecule has 116 valence electrons. The number of rotatable bonds is 4. The third-order valence-corrected chi connectivity index (χ3v) is 5.02. The second-order valence-electron chi connectivity index (χ2n) is 5.23. The summed E-state index contributed by atoms with van der Waals surface area (Å²) in [5.41, 5.74) is 1.99. The standard InChI is InChI=1S/C18H18N4S/c1-5-22(6-2)16-14-12(3)17(19-4)23-18(14)21-15(20-16)13-10-8-7-9-11-13/h7-11H,5-6H2,1-3H3. The molecular formula is C18H18N4S. The van der Waals surface area contributed by atoms with Gasteiger partial charge in [-0.05, 0) is 26.3 Å². The van der Waals surface area contributed by atoms with Crippen LogP contribution in [0.3, 0.4) is 0 Å². The van der Waals surface area contributed by atoms with Crippen molar-refractivity contribution in [1.29, 1.82) is 0 Å². The zero-order chi connectivity index (χ0) is 16.4.